The summed E-state index contributed by atoms with van der Waals surface area (Å²) in [6.07, 6.45) is 0. The molecule has 0 aliphatic rings. The Balaban J connectivity index is 1.89. The molecule has 0 bridgehead atoms. The van der Waals surface area contributed by atoms with Gasteiger partial charge in [0, 0.05) is 6.07 Å². The number of rotatable bonds is 5. The number of carbonyl (C=O) groups excluding carboxylic acids is 1. The molecule has 0 saturated carbocycles. The number of anilines is 1. The molecule has 3 rings (SSSR count). The van der Waals surface area contributed by atoms with Crippen LogP contribution in [-0.4, -0.2) is 30.7 Å². The molecule has 2 aromatic carbocycles. The minimum absolute atomic E-state index is 0.0536. The first kappa shape index (κ1) is 18.7. The zero-order valence-electron chi connectivity index (χ0n) is 14.0. The van der Waals surface area contributed by atoms with Gasteiger partial charge < -0.3 is 15.2 Å². The Morgan fingerprint density at radius 3 is 2.44 bits per heavy atom. The number of nitrogens with two attached hydrogens (primary N) is 1. The molecule has 0 fully saturated rings. The minimum atomic E-state index is -4.07. The van der Waals surface area contributed by atoms with Crippen molar-refractivity contribution in [2.24, 2.45) is 0 Å². The summed E-state index contributed by atoms with van der Waals surface area (Å²) in [5.41, 5.74) is 5.86. The summed E-state index contributed by atoms with van der Waals surface area (Å²) < 4.78 is 36.1. The van der Waals surface area contributed by atoms with Gasteiger partial charge in [0.2, 0.25) is 5.88 Å². The number of methoxy groups -OCH3 is 1. The third-order valence-corrected chi connectivity index (χ3v) is 5.50. The Kier molecular flexibility index (Phi) is 5.06. The van der Waals surface area contributed by atoms with Crippen LogP contribution in [-0.2, 0) is 10.0 Å². The molecule has 8 nitrogen and oxygen atoms in total. The van der Waals surface area contributed by atoms with Crippen molar-refractivity contribution in [1.29, 1.82) is 0 Å². The molecule has 1 aromatic heterocycles. The maximum absolute atomic E-state index is 12.7. The highest BCUT2D eigenvalue weighted by Crippen LogP contribution is 2.24. The van der Waals surface area contributed by atoms with Crippen molar-refractivity contribution in [3.8, 4) is 11.6 Å². The fourth-order valence-corrected chi connectivity index (χ4v) is 3.64. The highest BCUT2D eigenvalue weighted by atomic mass is 35.5. The zero-order chi connectivity index (χ0) is 19.6. The van der Waals surface area contributed by atoms with Gasteiger partial charge in [0.25, 0.3) is 10.0 Å². The van der Waals surface area contributed by atoms with Crippen molar-refractivity contribution >= 4 is 33.4 Å². The number of aromatic nitrogens is 2. The normalized spacial score (nSPS) is 11.2. The Hall–Kier alpha value is -3.04. The van der Waals surface area contributed by atoms with Crippen LogP contribution in [0.3, 0.4) is 0 Å². The average molecular weight is 408 g/mol. The van der Waals surface area contributed by atoms with Crippen LogP contribution in [0.5, 0.6) is 11.6 Å². The fourth-order valence-electron chi connectivity index (χ4n) is 2.22. The quantitative estimate of drug-likeness (QED) is 0.646. The highest BCUT2D eigenvalue weighted by molar-refractivity contribution is 7.90. The molecule has 140 valence electrons. The van der Waals surface area contributed by atoms with Gasteiger partial charge in [-0.1, -0.05) is 23.7 Å². The minimum Gasteiger partial charge on any atom is -0.497 e. The van der Waals surface area contributed by atoms with Crippen LogP contribution in [0.2, 0.25) is 5.02 Å². The second kappa shape index (κ2) is 7.29. The molecule has 0 radical (unpaired) electrons. The lowest BCUT2D eigenvalue weighted by Crippen LogP contribution is -2.17. The van der Waals surface area contributed by atoms with Crippen LogP contribution in [0, 0.1) is 0 Å². The van der Waals surface area contributed by atoms with E-state index in [4.69, 9.17) is 26.8 Å². The summed E-state index contributed by atoms with van der Waals surface area (Å²) in [7, 11) is -2.61. The topological polar surface area (TPSA) is 114 Å². The molecular weight excluding hydrogens is 394 g/mol. The highest BCUT2D eigenvalue weighted by Gasteiger charge is 2.23. The van der Waals surface area contributed by atoms with Crippen molar-refractivity contribution in [2.45, 2.75) is 4.90 Å². The fraction of sp³-hybridized carbons (Fsp3) is 0.0588. The summed E-state index contributed by atoms with van der Waals surface area (Å²) in [6.45, 7) is 0. The van der Waals surface area contributed by atoms with Crippen molar-refractivity contribution in [3.05, 3.63) is 65.2 Å². The first-order valence-electron chi connectivity index (χ1n) is 7.55. The molecule has 2 N–H and O–H groups in total. The SMILES string of the molecule is COc1ccc(S(=O)(=O)n2nc(OC(=O)c3ccccc3Cl)cc2N)cc1. The summed E-state index contributed by atoms with van der Waals surface area (Å²) in [4.78, 5) is 12.1. The number of nitrogens with zero attached hydrogens (tertiary/aromatic N) is 2. The molecule has 0 unspecified atom stereocenters. The molecule has 0 saturated heterocycles. The molecule has 27 heavy (non-hydrogen) atoms. The van der Waals surface area contributed by atoms with E-state index < -0.39 is 16.0 Å². The molecule has 0 amide bonds. The second-order valence-electron chi connectivity index (χ2n) is 5.30. The summed E-state index contributed by atoms with van der Waals surface area (Å²) in [6, 6.07) is 13.1. The van der Waals surface area contributed by atoms with Gasteiger partial charge in [-0.05, 0) is 36.4 Å². The summed E-state index contributed by atoms with van der Waals surface area (Å²) >= 11 is 5.94. The van der Waals surface area contributed by atoms with Crippen molar-refractivity contribution < 1.29 is 22.7 Å². The number of hydrogen-bond donors (Lipinski definition) is 1. The van der Waals surface area contributed by atoms with Gasteiger partial charge in [0.15, 0.2) is 0 Å². The molecule has 0 atom stereocenters. The lowest BCUT2D eigenvalue weighted by molar-refractivity contribution is 0.0727. The Morgan fingerprint density at radius 1 is 1.15 bits per heavy atom. The van der Waals surface area contributed by atoms with Crippen LogP contribution >= 0.6 is 11.6 Å². The van der Waals surface area contributed by atoms with E-state index in [-0.39, 0.29) is 27.2 Å². The predicted octanol–water partition coefficient (Wildman–Crippen LogP) is 2.58. The standard InChI is InChI=1S/C17H14ClN3O5S/c1-25-11-6-8-12(9-7-11)27(23,24)21-15(19)10-16(20-21)26-17(22)13-4-2-3-5-14(13)18/h2-10H,19H2,1H3. The second-order valence-corrected chi connectivity index (χ2v) is 7.47. The first-order valence-corrected chi connectivity index (χ1v) is 9.36. The van der Waals surface area contributed by atoms with E-state index in [1.807, 2.05) is 0 Å². The van der Waals surface area contributed by atoms with Crippen LogP contribution in [0.1, 0.15) is 10.4 Å². The van der Waals surface area contributed by atoms with Crippen molar-refractivity contribution in [1.82, 2.24) is 9.19 Å². The number of halogens is 1. The van der Waals surface area contributed by atoms with E-state index >= 15 is 0 Å². The number of hydrogen-bond acceptors (Lipinski definition) is 7. The largest absolute Gasteiger partial charge is 0.497 e. The van der Waals surface area contributed by atoms with Crippen LogP contribution in [0.15, 0.2) is 59.5 Å². The van der Waals surface area contributed by atoms with Gasteiger partial charge >= 0.3 is 5.97 Å². The van der Waals surface area contributed by atoms with Crippen molar-refractivity contribution in [2.75, 3.05) is 12.8 Å². The van der Waals surface area contributed by atoms with E-state index in [0.29, 0.717) is 9.84 Å². The monoisotopic (exact) mass is 407 g/mol. The molecule has 0 spiro atoms. The lowest BCUT2D eigenvalue weighted by Gasteiger charge is -2.07. The zero-order valence-corrected chi connectivity index (χ0v) is 15.6. The third kappa shape index (κ3) is 3.74. The Morgan fingerprint density at radius 2 is 1.81 bits per heavy atom. The maximum Gasteiger partial charge on any atom is 0.346 e. The van der Waals surface area contributed by atoms with Gasteiger partial charge in [0.1, 0.15) is 11.6 Å². The maximum atomic E-state index is 12.7. The van der Waals surface area contributed by atoms with Gasteiger partial charge in [0.05, 0.1) is 22.6 Å². The van der Waals surface area contributed by atoms with Gasteiger partial charge in [-0.15, -0.1) is 9.19 Å². The number of ether oxygens (including phenoxy) is 2. The Labute approximate surface area is 160 Å². The van der Waals surface area contributed by atoms with Gasteiger partial charge in [-0.2, -0.15) is 8.42 Å². The number of nitrogen functional groups attached to an aromatic ring is 1. The van der Waals surface area contributed by atoms with Crippen LogP contribution in [0.4, 0.5) is 5.82 Å². The predicted molar refractivity (Wildman–Crippen MR) is 98.6 cm³/mol. The van der Waals surface area contributed by atoms with Gasteiger partial charge in [-0.25, -0.2) is 4.79 Å². The van der Waals surface area contributed by atoms with Gasteiger partial charge in [-0.3, -0.25) is 0 Å². The number of benzene rings is 2. The third-order valence-electron chi connectivity index (χ3n) is 3.56. The number of esters is 1. The van der Waals surface area contributed by atoms with Crippen molar-refractivity contribution in [3.63, 3.8) is 0 Å². The summed E-state index contributed by atoms with van der Waals surface area (Å²) in [5, 5.41) is 3.98. The smallest absolute Gasteiger partial charge is 0.346 e. The van der Waals surface area contributed by atoms with E-state index in [9.17, 15) is 13.2 Å². The molecule has 0 aliphatic heterocycles. The van der Waals surface area contributed by atoms with E-state index in [1.54, 1.807) is 12.1 Å². The molecule has 10 heteroatoms. The molecule has 1 heterocycles. The number of carbonyl (C=O) groups is 1. The average Bonchev–Trinajstić information content (AvgIpc) is 3.03. The van der Waals surface area contributed by atoms with E-state index in [1.165, 1.54) is 43.5 Å². The van der Waals surface area contributed by atoms with E-state index in [2.05, 4.69) is 5.10 Å². The van der Waals surface area contributed by atoms with E-state index in [0.717, 1.165) is 6.07 Å². The molecule has 0 aliphatic carbocycles. The lowest BCUT2D eigenvalue weighted by atomic mass is 10.2. The first-order chi connectivity index (χ1) is 12.8. The Bertz CT molecular complexity index is 1090. The molecule has 3 aromatic rings. The van der Waals surface area contributed by atoms with Crippen LogP contribution in [0.25, 0.3) is 0 Å². The summed E-state index contributed by atoms with van der Waals surface area (Å²) in [5.74, 6) is -0.772. The van der Waals surface area contributed by atoms with Crippen LogP contribution < -0.4 is 15.2 Å². The molecular formula is C17H14ClN3O5S.